The zero-order valence-corrected chi connectivity index (χ0v) is 20.4. The number of urea groups is 1. The molecule has 0 bridgehead atoms. The quantitative estimate of drug-likeness (QED) is 0.716. The standard InChI is InChI=1S/C27H35N5O2/c1-4-20-12-14-22(15-13-20)31-17-19(2)18-32-23-24(28-26(31)32)29(3)27(34)30(25(23)33)16-8-11-21-9-6-5-7-10-21/h5-7,9-10,12-15,19,23-24,26,28H,4,8,11,16-18H2,1-3H3. The Kier molecular flexibility index (Phi) is 6.32. The molecule has 3 amide bonds. The number of carbonyl (C=O) groups is 2. The van der Waals surface area contributed by atoms with Crippen molar-refractivity contribution in [3.63, 3.8) is 0 Å². The minimum Gasteiger partial charge on any atom is -0.343 e. The highest BCUT2D eigenvalue weighted by atomic mass is 16.2. The first-order chi connectivity index (χ1) is 16.5. The number of hydrogen-bond acceptors (Lipinski definition) is 5. The summed E-state index contributed by atoms with van der Waals surface area (Å²) in [6.45, 7) is 6.57. The van der Waals surface area contributed by atoms with Gasteiger partial charge in [-0.05, 0) is 48.4 Å². The van der Waals surface area contributed by atoms with Gasteiger partial charge in [0.25, 0.3) is 5.91 Å². The first-order valence-electron chi connectivity index (χ1n) is 12.5. The topological polar surface area (TPSA) is 59.1 Å². The van der Waals surface area contributed by atoms with Crippen LogP contribution >= 0.6 is 0 Å². The lowest BCUT2D eigenvalue weighted by atomic mass is 10.0. The summed E-state index contributed by atoms with van der Waals surface area (Å²) in [6, 6.07) is 18.3. The number of nitrogens with one attached hydrogen (secondary N) is 1. The van der Waals surface area contributed by atoms with Gasteiger partial charge in [0.1, 0.15) is 18.5 Å². The van der Waals surface area contributed by atoms with Crippen LogP contribution < -0.4 is 10.2 Å². The van der Waals surface area contributed by atoms with Crippen molar-refractivity contribution in [3.05, 3.63) is 65.7 Å². The van der Waals surface area contributed by atoms with E-state index in [1.807, 2.05) is 25.2 Å². The van der Waals surface area contributed by atoms with Crippen molar-refractivity contribution in [1.82, 2.24) is 20.0 Å². The number of likely N-dealkylation sites (N-methyl/N-ethyl adjacent to an activating group) is 1. The zero-order valence-electron chi connectivity index (χ0n) is 20.4. The maximum atomic E-state index is 13.7. The Morgan fingerprint density at radius 2 is 1.71 bits per heavy atom. The maximum absolute atomic E-state index is 13.7. The number of rotatable bonds is 6. The van der Waals surface area contributed by atoms with Crippen molar-refractivity contribution in [2.75, 3.05) is 31.6 Å². The van der Waals surface area contributed by atoms with Crippen molar-refractivity contribution in [1.29, 1.82) is 0 Å². The lowest BCUT2D eigenvalue weighted by Gasteiger charge is -2.46. The fourth-order valence-corrected chi connectivity index (χ4v) is 5.63. The highest BCUT2D eigenvalue weighted by Crippen LogP contribution is 2.34. The van der Waals surface area contributed by atoms with Gasteiger partial charge in [0.05, 0.1) is 0 Å². The van der Waals surface area contributed by atoms with Crippen LogP contribution in [-0.2, 0) is 17.6 Å². The second-order valence-electron chi connectivity index (χ2n) is 9.88. The van der Waals surface area contributed by atoms with Gasteiger partial charge in [-0.2, -0.15) is 0 Å². The molecule has 1 N–H and O–H groups in total. The fraction of sp³-hybridized carbons (Fsp3) is 0.481. The molecule has 4 atom stereocenters. The molecule has 3 fully saturated rings. The Morgan fingerprint density at radius 1 is 0.971 bits per heavy atom. The van der Waals surface area contributed by atoms with Crippen LogP contribution in [0, 0.1) is 5.92 Å². The predicted molar refractivity (Wildman–Crippen MR) is 133 cm³/mol. The van der Waals surface area contributed by atoms with Crippen molar-refractivity contribution in [3.8, 4) is 0 Å². The molecule has 180 valence electrons. The number of fused-ring (bicyclic) bond motifs is 3. The van der Waals surface area contributed by atoms with Crippen LogP contribution in [0.1, 0.15) is 31.4 Å². The molecule has 3 saturated heterocycles. The molecule has 0 saturated carbocycles. The lowest BCUT2D eigenvalue weighted by molar-refractivity contribution is -0.138. The van der Waals surface area contributed by atoms with Gasteiger partial charge < -0.3 is 9.80 Å². The molecule has 0 spiro atoms. The lowest BCUT2D eigenvalue weighted by Crippen LogP contribution is -2.66. The van der Waals surface area contributed by atoms with Crippen LogP contribution in [0.2, 0.25) is 0 Å². The normalized spacial score (nSPS) is 27.2. The Labute approximate surface area is 202 Å². The molecular weight excluding hydrogens is 426 g/mol. The van der Waals surface area contributed by atoms with Gasteiger partial charge in [-0.25, -0.2) is 4.79 Å². The summed E-state index contributed by atoms with van der Waals surface area (Å²) in [7, 11) is 1.81. The van der Waals surface area contributed by atoms with Crippen molar-refractivity contribution >= 4 is 17.6 Å². The highest BCUT2D eigenvalue weighted by Gasteiger charge is 2.56. The molecule has 2 aromatic carbocycles. The van der Waals surface area contributed by atoms with Gasteiger partial charge >= 0.3 is 6.03 Å². The molecule has 0 aliphatic carbocycles. The summed E-state index contributed by atoms with van der Waals surface area (Å²) in [5.74, 6) is 0.330. The van der Waals surface area contributed by atoms with E-state index in [0.717, 1.165) is 38.0 Å². The van der Waals surface area contributed by atoms with E-state index < -0.39 is 0 Å². The molecule has 3 aliphatic rings. The number of aryl methyl sites for hydroxylation is 2. The minimum absolute atomic E-state index is 0.0773. The van der Waals surface area contributed by atoms with Crippen molar-refractivity contribution in [2.45, 2.75) is 51.6 Å². The van der Waals surface area contributed by atoms with Gasteiger partial charge in [-0.1, -0.05) is 56.3 Å². The van der Waals surface area contributed by atoms with E-state index in [0.29, 0.717) is 12.5 Å². The number of nitrogens with zero attached hydrogens (tertiary/aromatic N) is 4. The number of amides is 3. The van der Waals surface area contributed by atoms with Crippen LogP contribution in [0.3, 0.4) is 0 Å². The second-order valence-corrected chi connectivity index (χ2v) is 9.88. The third-order valence-corrected chi connectivity index (χ3v) is 7.45. The fourth-order valence-electron chi connectivity index (χ4n) is 5.63. The summed E-state index contributed by atoms with van der Waals surface area (Å²) in [6.07, 6.45) is 2.19. The molecule has 3 heterocycles. The van der Waals surface area contributed by atoms with E-state index in [4.69, 9.17) is 0 Å². The maximum Gasteiger partial charge on any atom is 0.327 e. The Balaban J connectivity index is 1.35. The summed E-state index contributed by atoms with van der Waals surface area (Å²) >= 11 is 0. The van der Waals surface area contributed by atoms with E-state index in [-0.39, 0.29) is 30.4 Å². The van der Waals surface area contributed by atoms with Gasteiger partial charge in [-0.15, -0.1) is 0 Å². The van der Waals surface area contributed by atoms with Gasteiger partial charge in [0, 0.05) is 32.4 Å². The molecule has 3 aliphatic heterocycles. The van der Waals surface area contributed by atoms with Crippen LogP contribution in [0.15, 0.2) is 54.6 Å². The zero-order chi connectivity index (χ0) is 23.8. The molecule has 0 aromatic heterocycles. The Bertz CT molecular complexity index is 1030. The number of imide groups is 1. The highest BCUT2D eigenvalue weighted by molar-refractivity contribution is 6.00. The molecule has 4 unspecified atom stereocenters. The first kappa shape index (κ1) is 22.9. The van der Waals surface area contributed by atoms with Crippen molar-refractivity contribution < 1.29 is 9.59 Å². The van der Waals surface area contributed by atoms with Crippen molar-refractivity contribution in [2.24, 2.45) is 5.92 Å². The summed E-state index contributed by atoms with van der Waals surface area (Å²) in [5.41, 5.74) is 3.68. The largest absolute Gasteiger partial charge is 0.343 e. The first-order valence-corrected chi connectivity index (χ1v) is 12.5. The van der Waals surface area contributed by atoms with Gasteiger partial charge in [0.15, 0.2) is 0 Å². The van der Waals surface area contributed by atoms with E-state index >= 15 is 0 Å². The summed E-state index contributed by atoms with van der Waals surface area (Å²) in [5, 5.41) is 3.62. The van der Waals surface area contributed by atoms with Gasteiger partial charge in [0.2, 0.25) is 0 Å². The van der Waals surface area contributed by atoms with E-state index in [1.165, 1.54) is 16.0 Å². The Hall–Kier alpha value is -2.90. The Morgan fingerprint density at radius 3 is 2.41 bits per heavy atom. The molecule has 2 aromatic rings. The molecule has 7 heteroatoms. The van der Waals surface area contributed by atoms with Crippen LogP contribution in [0.5, 0.6) is 0 Å². The summed E-state index contributed by atoms with van der Waals surface area (Å²) in [4.78, 5) is 34.6. The van der Waals surface area contributed by atoms with E-state index in [9.17, 15) is 9.59 Å². The molecule has 0 radical (unpaired) electrons. The number of carbonyl (C=O) groups excluding carboxylic acids is 2. The van der Waals surface area contributed by atoms with Crippen LogP contribution in [0.25, 0.3) is 0 Å². The molecular formula is C27H35N5O2. The monoisotopic (exact) mass is 461 g/mol. The predicted octanol–water partition coefficient (Wildman–Crippen LogP) is 3.12. The summed E-state index contributed by atoms with van der Waals surface area (Å²) < 4.78 is 0. The van der Waals surface area contributed by atoms with E-state index in [1.54, 1.807) is 4.90 Å². The second kappa shape index (κ2) is 9.39. The molecule has 34 heavy (non-hydrogen) atoms. The van der Waals surface area contributed by atoms with Crippen LogP contribution in [0.4, 0.5) is 10.5 Å². The average molecular weight is 462 g/mol. The molecule has 7 nitrogen and oxygen atoms in total. The third-order valence-electron chi connectivity index (χ3n) is 7.45. The third kappa shape index (κ3) is 4.07. The minimum atomic E-state index is -0.371. The SMILES string of the molecule is CCc1ccc(N2CC(C)CN3C4C(=O)N(CCCc5ccccc5)C(=O)N(C)C4NC23)cc1. The molecule has 5 rings (SSSR count). The average Bonchev–Trinajstić information content (AvgIpc) is 3.24. The van der Waals surface area contributed by atoms with E-state index in [2.05, 4.69) is 65.4 Å². The smallest absolute Gasteiger partial charge is 0.327 e. The number of anilines is 1. The number of hydrogen-bond donors (Lipinski definition) is 1. The van der Waals surface area contributed by atoms with Gasteiger partial charge in [-0.3, -0.25) is 19.9 Å². The number of benzene rings is 2. The van der Waals surface area contributed by atoms with Crippen LogP contribution in [-0.4, -0.2) is 71.8 Å².